The molecule has 3 atom stereocenters. The summed E-state index contributed by atoms with van der Waals surface area (Å²) in [7, 11) is 3.62. The van der Waals surface area contributed by atoms with Gasteiger partial charge in [-0.2, -0.15) is 0 Å². The summed E-state index contributed by atoms with van der Waals surface area (Å²) in [5, 5.41) is 0. The third-order valence-corrected chi connectivity index (χ3v) is 4.94. The Balaban J connectivity index is 1.71. The topological polar surface area (TPSA) is 49.4 Å². The number of hydrogen-bond acceptors (Lipinski definition) is 5. The van der Waals surface area contributed by atoms with Crippen molar-refractivity contribution in [2.75, 3.05) is 27.2 Å². The maximum Gasteiger partial charge on any atom is 0.131 e. The van der Waals surface area contributed by atoms with Crippen LogP contribution in [0.1, 0.15) is 30.3 Å². The molecule has 1 fully saturated rings. The number of benzene rings is 1. The second-order valence-corrected chi connectivity index (χ2v) is 6.52. The third kappa shape index (κ3) is 3.98. The molecule has 25 heavy (non-hydrogen) atoms. The van der Waals surface area contributed by atoms with Gasteiger partial charge in [0.25, 0.3) is 0 Å². The Morgan fingerprint density at radius 1 is 1.36 bits per heavy atom. The van der Waals surface area contributed by atoms with Gasteiger partial charge in [0.15, 0.2) is 0 Å². The van der Waals surface area contributed by atoms with Crippen molar-refractivity contribution in [1.29, 1.82) is 0 Å². The first-order chi connectivity index (χ1) is 12.1. The highest BCUT2D eigenvalue weighted by Gasteiger charge is 2.32. The smallest absolute Gasteiger partial charge is 0.131 e. The molecule has 0 bridgehead atoms. The lowest BCUT2D eigenvalue weighted by Gasteiger charge is -2.29. The molecular formula is C19H25FN4O. The SMILES string of the molecule is COc1ccc(C2NNCC2CN(C)C(C)c2ccccn2)c(F)c1. The van der Waals surface area contributed by atoms with Crippen LogP contribution in [0, 0.1) is 11.7 Å². The molecule has 2 aromatic rings. The number of nitrogens with zero attached hydrogens (tertiary/aromatic N) is 2. The van der Waals surface area contributed by atoms with Crippen molar-refractivity contribution in [3.63, 3.8) is 0 Å². The molecule has 3 rings (SSSR count). The van der Waals surface area contributed by atoms with Crippen molar-refractivity contribution >= 4 is 0 Å². The highest BCUT2D eigenvalue weighted by Crippen LogP contribution is 2.30. The first-order valence-corrected chi connectivity index (χ1v) is 8.53. The van der Waals surface area contributed by atoms with Gasteiger partial charge < -0.3 is 4.74 Å². The monoisotopic (exact) mass is 344 g/mol. The molecule has 1 aromatic heterocycles. The molecule has 6 heteroatoms. The lowest BCUT2D eigenvalue weighted by Crippen LogP contribution is -2.32. The van der Waals surface area contributed by atoms with E-state index in [-0.39, 0.29) is 23.8 Å². The molecule has 0 aliphatic carbocycles. The van der Waals surface area contributed by atoms with Gasteiger partial charge in [-0.05, 0) is 32.2 Å². The maximum absolute atomic E-state index is 14.5. The van der Waals surface area contributed by atoms with Gasteiger partial charge in [0.1, 0.15) is 11.6 Å². The number of rotatable bonds is 6. The van der Waals surface area contributed by atoms with Crippen LogP contribution < -0.4 is 15.6 Å². The molecule has 1 aromatic carbocycles. The van der Waals surface area contributed by atoms with Gasteiger partial charge >= 0.3 is 0 Å². The third-order valence-electron chi connectivity index (χ3n) is 4.94. The Hall–Kier alpha value is -2.02. The fraction of sp³-hybridized carbons (Fsp3) is 0.421. The summed E-state index contributed by atoms with van der Waals surface area (Å²) in [6, 6.07) is 11.1. The number of halogens is 1. The minimum atomic E-state index is -0.244. The number of methoxy groups -OCH3 is 1. The number of aromatic nitrogens is 1. The average Bonchev–Trinajstić information content (AvgIpc) is 3.09. The zero-order chi connectivity index (χ0) is 17.8. The van der Waals surface area contributed by atoms with E-state index in [4.69, 9.17) is 4.74 Å². The van der Waals surface area contributed by atoms with Crippen LogP contribution in [0.2, 0.25) is 0 Å². The predicted molar refractivity (Wildman–Crippen MR) is 95.6 cm³/mol. The predicted octanol–water partition coefficient (Wildman–Crippen LogP) is 2.69. The van der Waals surface area contributed by atoms with E-state index in [0.717, 1.165) is 18.8 Å². The van der Waals surface area contributed by atoms with E-state index in [1.807, 2.05) is 24.4 Å². The first-order valence-electron chi connectivity index (χ1n) is 8.53. The van der Waals surface area contributed by atoms with Crippen LogP contribution in [-0.4, -0.2) is 37.1 Å². The fourth-order valence-electron chi connectivity index (χ4n) is 3.30. The second-order valence-electron chi connectivity index (χ2n) is 6.52. The minimum Gasteiger partial charge on any atom is -0.497 e. The van der Waals surface area contributed by atoms with E-state index in [1.165, 1.54) is 6.07 Å². The largest absolute Gasteiger partial charge is 0.497 e. The summed E-state index contributed by atoms with van der Waals surface area (Å²) < 4.78 is 19.5. The fourth-order valence-corrected chi connectivity index (χ4v) is 3.30. The van der Waals surface area contributed by atoms with Crippen molar-refractivity contribution in [2.45, 2.75) is 19.0 Å². The van der Waals surface area contributed by atoms with Gasteiger partial charge in [-0.1, -0.05) is 12.1 Å². The first kappa shape index (κ1) is 17.8. The Labute approximate surface area is 148 Å². The van der Waals surface area contributed by atoms with Crippen molar-refractivity contribution < 1.29 is 9.13 Å². The van der Waals surface area contributed by atoms with Crippen molar-refractivity contribution in [3.05, 3.63) is 59.7 Å². The highest BCUT2D eigenvalue weighted by molar-refractivity contribution is 5.31. The van der Waals surface area contributed by atoms with Crippen molar-refractivity contribution in [3.8, 4) is 5.75 Å². The molecular weight excluding hydrogens is 319 g/mol. The lowest BCUT2D eigenvalue weighted by atomic mass is 9.93. The summed E-state index contributed by atoms with van der Waals surface area (Å²) in [4.78, 5) is 6.70. The molecule has 0 spiro atoms. The van der Waals surface area contributed by atoms with E-state index in [9.17, 15) is 4.39 Å². The van der Waals surface area contributed by atoms with E-state index in [1.54, 1.807) is 19.2 Å². The Bertz CT molecular complexity index is 697. The van der Waals surface area contributed by atoms with Crippen LogP contribution in [0.15, 0.2) is 42.6 Å². The van der Waals surface area contributed by atoms with Crippen LogP contribution >= 0.6 is 0 Å². The van der Waals surface area contributed by atoms with Gasteiger partial charge in [-0.15, -0.1) is 0 Å². The number of nitrogens with one attached hydrogen (secondary N) is 2. The molecule has 5 nitrogen and oxygen atoms in total. The van der Waals surface area contributed by atoms with Gasteiger partial charge in [0, 0.05) is 42.9 Å². The molecule has 2 N–H and O–H groups in total. The minimum absolute atomic E-state index is 0.0794. The summed E-state index contributed by atoms with van der Waals surface area (Å²) in [6.45, 7) is 3.75. The quantitative estimate of drug-likeness (QED) is 0.844. The highest BCUT2D eigenvalue weighted by atomic mass is 19.1. The van der Waals surface area contributed by atoms with Gasteiger partial charge in [0.2, 0.25) is 0 Å². The Morgan fingerprint density at radius 2 is 2.20 bits per heavy atom. The van der Waals surface area contributed by atoms with E-state index in [0.29, 0.717) is 11.3 Å². The number of hydrogen-bond donors (Lipinski definition) is 2. The standard InChI is InChI=1S/C19H25FN4O/c1-13(18-6-4-5-9-21-18)24(2)12-14-11-22-23-19(14)16-8-7-15(25-3)10-17(16)20/h4-10,13-14,19,22-23H,11-12H2,1-3H3. The average molecular weight is 344 g/mol. The van der Waals surface area contributed by atoms with Gasteiger partial charge in [-0.25, -0.2) is 9.82 Å². The van der Waals surface area contributed by atoms with E-state index in [2.05, 4.69) is 34.7 Å². The summed E-state index contributed by atoms with van der Waals surface area (Å²) in [5.74, 6) is 0.537. The van der Waals surface area contributed by atoms with Crippen LogP contribution in [0.5, 0.6) is 5.75 Å². The zero-order valence-corrected chi connectivity index (χ0v) is 14.9. The van der Waals surface area contributed by atoms with Crippen LogP contribution in [-0.2, 0) is 0 Å². The van der Waals surface area contributed by atoms with Crippen LogP contribution in [0.25, 0.3) is 0 Å². The van der Waals surface area contributed by atoms with Crippen molar-refractivity contribution in [1.82, 2.24) is 20.7 Å². The molecule has 1 aliphatic rings. The van der Waals surface area contributed by atoms with Crippen molar-refractivity contribution in [2.24, 2.45) is 5.92 Å². The zero-order valence-electron chi connectivity index (χ0n) is 14.9. The molecule has 1 saturated heterocycles. The van der Waals surface area contributed by atoms with E-state index >= 15 is 0 Å². The summed E-state index contributed by atoms with van der Waals surface area (Å²) in [5.41, 5.74) is 8.08. The van der Waals surface area contributed by atoms with Crippen LogP contribution in [0.3, 0.4) is 0 Å². The molecule has 2 heterocycles. The molecule has 0 saturated carbocycles. The molecule has 0 amide bonds. The molecule has 134 valence electrons. The maximum atomic E-state index is 14.5. The molecule has 3 unspecified atom stereocenters. The summed E-state index contributed by atoms with van der Waals surface area (Å²) >= 11 is 0. The Morgan fingerprint density at radius 3 is 2.88 bits per heavy atom. The van der Waals surface area contributed by atoms with Gasteiger partial charge in [0.05, 0.1) is 18.8 Å². The van der Waals surface area contributed by atoms with Crippen LogP contribution in [0.4, 0.5) is 4.39 Å². The van der Waals surface area contributed by atoms with E-state index < -0.39 is 0 Å². The summed E-state index contributed by atoms with van der Waals surface area (Å²) in [6.07, 6.45) is 1.81. The van der Waals surface area contributed by atoms with Gasteiger partial charge in [-0.3, -0.25) is 15.3 Å². The lowest BCUT2D eigenvalue weighted by molar-refractivity contribution is 0.211. The molecule has 1 aliphatic heterocycles. The normalized spacial score (nSPS) is 21.5. The Kier molecular flexibility index (Phi) is 5.63. The number of hydrazine groups is 1. The molecule has 0 radical (unpaired) electrons. The number of ether oxygens (including phenoxy) is 1. The second kappa shape index (κ2) is 7.91. The number of pyridine rings is 1.